The van der Waals surface area contributed by atoms with E-state index in [1.807, 2.05) is 43.3 Å². The molecule has 0 atom stereocenters. The van der Waals surface area contributed by atoms with Crippen LogP contribution in [0.5, 0.6) is 23.0 Å². The number of imide groups is 2. The molecule has 1 radical (unpaired) electrons. The van der Waals surface area contributed by atoms with Gasteiger partial charge in [-0.25, -0.2) is 4.90 Å². The first-order valence-corrected chi connectivity index (χ1v) is 13.4. The summed E-state index contributed by atoms with van der Waals surface area (Å²) in [6.07, 6.45) is 0. The number of benzene rings is 5. The fourth-order valence-electron chi connectivity index (χ4n) is 5.10. The molecule has 0 fully saturated rings. The second-order valence-corrected chi connectivity index (χ2v) is 10.2. The number of nitrogens with zero attached hydrogens (tertiary/aromatic N) is 2. The van der Waals surface area contributed by atoms with Crippen LogP contribution in [0.15, 0.2) is 109 Å². The zero-order valence-electron chi connectivity index (χ0n) is 23.2. The maximum Gasteiger partial charge on any atom is 2.00 e. The zero-order chi connectivity index (χ0) is 29.7. The second kappa shape index (κ2) is 11.3. The number of aryl methyl sites for hydroxylation is 1. The van der Waals surface area contributed by atoms with Gasteiger partial charge >= 0.3 is 18.6 Å². The molecular formula is C35H21N2O6V+. The molecule has 44 heavy (non-hydrogen) atoms. The second-order valence-electron chi connectivity index (χ2n) is 10.2. The van der Waals surface area contributed by atoms with Gasteiger partial charge in [-0.3, -0.25) is 9.59 Å². The first-order chi connectivity index (χ1) is 20.8. The van der Waals surface area contributed by atoms with Crippen LogP contribution in [0.4, 0.5) is 5.69 Å². The Balaban J connectivity index is 0.00000343. The Morgan fingerprint density at radius 1 is 0.523 bits per heavy atom. The minimum Gasteiger partial charge on any atom is -0.587 e. The third kappa shape index (κ3) is 5.17. The summed E-state index contributed by atoms with van der Waals surface area (Å²) in [5.74, 6) is 0.385. The summed E-state index contributed by atoms with van der Waals surface area (Å²) in [4.78, 5) is 51.6. The molecule has 0 unspecified atom stereocenters. The van der Waals surface area contributed by atoms with Gasteiger partial charge in [0.1, 0.15) is 23.0 Å². The van der Waals surface area contributed by atoms with Gasteiger partial charge in [-0.2, -0.15) is 0 Å². The van der Waals surface area contributed by atoms with Gasteiger partial charge in [-0.15, -0.1) is 0 Å². The van der Waals surface area contributed by atoms with Crippen molar-refractivity contribution >= 4 is 29.3 Å². The standard InChI is InChI=1S/C35H22N2O6.V/c1-20-5-11-24(12-6-20)42-26-3-2-4-27(19-26)43-25-13-9-23(10-14-25)37-34(40)29-16-8-22(18-31(29)35(37)41)21-7-15-28-30(17-21)33(39)36-32(28)38;/h2-19H,1H3,(H,36,38,39);/q;+2/p-1. The van der Waals surface area contributed by atoms with Crippen LogP contribution in [0, 0.1) is 6.92 Å². The molecule has 9 heteroatoms. The quantitative estimate of drug-likeness (QED) is 0.181. The first-order valence-electron chi connectivity index (χ1n) is 13.4. The normalized spacial score (nSPS) is 13.2. The zero-order valence-corrected chi connectivity index (χ0v) is 24.6. The van der Waals surface area contributed by atoms with Crippen molar-refractivity contribution in [2.75, 3.05) is 4.90 Å². The van der Waals surface area contributed by atoms with Crippen LogP contribution in [-0.2, 0) is 18.6 Å². The van der Waals surface area contributed by atoms with E-state index in [2.05, 4.69) is 5.32 Å². The van der Waals surface area contributed by atoms with E-state index >= 15 is 0 Å². The Hall–Kier alpha value is -5.44. The molecule has 4 amide bonds. The van der Waals surface area contributed by atoms with Crippen molar-refractivity contribution < 1.29 is 47.2 Å². The maximum atomic E-state index is 13.4. The van der Waals surface area contributed by atoms with Gasteiger partial charge in [-0.1, -0.05) is 42.0 Å². The third-order valence-electron chi connectivity index (χ3n) is 7.30. The van der Waals surface area contributed by atoms with Gasteiger partial charge in [0.25, 0.3) is 11.8 Å². The minimum atomic E-state index is -0.587. The van der Waals surface area contributed by atoms with Crippen molar-refractivity contribution in [1.29, 1.82) is 0 Å². The molecule has 211 valence electrons. The summed E-state index contributed by atoms with van der Waals surface area (Å²) < 4.78 is 11.9. The number of fused-ring (bicyclic) bond motifs is 2. The molecule has 2 heterocycles. The van der Waals surface area contributed by atoms with Crippen LogP contribution in [0.2, 0.25) is 0 Å². The van der Waals surface area contributed by atoms with Crippen LogP contribution in [0.1, 0.15) is 47.0 Å². The Kier molecular flexibility index (Phi) is 7.39. The number of hydrogen-bond acceptors (Lipinski definition) is 6. The van der Waals surface area contributed by atoms with Crippen molar-refractivity contribution in [3.63, 3.8) is 0 Å². The number of carbonyl (C=O) groups excluding carboxylic acids is 4. The fourth-order valence-corrected chi connectivity index (χ4v) is 5.10. The van der Waals surface area contributed by atoms with E-state index in [0.717, 1.165) is 16.2 Å². The monoisotopic (exact) mass is 616 g/mol. The molecule has 0 bridgehead atoms. The predicted molar refractivity (Wildman–Crippen MR) is 159 cm³/mol. The summed E-state index contributed by atoms with van der Waals surface area (Å²) in [5.41, 5.74) is 3.82. The summed E-state index contributed by atoms with van der Waals surface area (Å²) in [5, 5.41) is 3.47. The van der Waals surface area contributed by atoms with Crippen molar-refractivity contribution in [3.05, 3.63) is 142 Å². The van der Waals surface area contributed by atoms with Crippen molar-refractivity contribution in [1.82, 2.24) is 0 Å². The smallest absolute Gasteiger partial charge is 0.587 e. The third-order valence-corrected chi connectivity index (χ3v) is 7.30. The molecule has 2 aliphatic heterocycles. The minimum absolute atomic E-state index is 0. The topological polar surface area (TPSA) is 104 Å². The molecule has 8 nitrogen and oxygen atoms in total. The Labute approximate surface area is 264 Å². The van der Waals surface area contributed by atoms with Crippen molar-refractivity contribution in [2.24, 2.45) is 0 Å². The summed E-state index contributed by atoms with van der Waals surface area (Å²) >= 11 is 0. The molecule has 0 aromatic heterocycles. The summed E-state index contributed by atoms with van der Waals surface area (Å²) in [7, 11) is 0. The first kappa shape index (κ1) is 28.7. The van der Waals surface area contributed by atoms with Gasteiger partial charge in [0.15, 0.2) is 0 Å². The predicted octanol–water partition coefficient (Wildman–Crippen LogP) is 7.71. The Morgan fingerprint density at radius 3 is 1.68 bits per heavy atom. The van der Waals surface area contributed by atoms with E-state index in [9.17, 15) is 19.2 Å². The van der Waals surface area contributed by atoms with Gasteiger partial charge in [0.2, 0.25) is 0 Å². The molecule has 0 saturated heterocycles. The number of hydrogen-bond donors (Lipinski definition) is 0. The summed E-state index contributed by atoms with van der Waals surface area (Å²) in [6.45, 7) is 2.01. The molecule has 0 N–H and O–H groups in total. The molecule has 7 rings (SSSR count). The largest absolute Gasteiger partial charge is 2.00 e. The van der Waals surface area contributed by atoms with Crippen LogP contribution in [0.3, 0.4) is 0 Å². The Morgan fingerprint density at radius 2 is 1.05 bits per heavy atom. The van der Waals surface area contributed by atoms with Gasteiger partial charge in [0, 0.05) is 17.2 Å². The Bertz CT molecular complexity index is 1990. The van der Waals surface area contributed by atoms with Gasteiger partial charge in [0.05, 0.1) is 28.6 Å². The van der Waals surface area contributed by atoms with E-state index in [1.165, 1.54) is 0 Å². The summed E-state index contributed by atoms with van der Waals surface area (Å²) in [6, 6.07) is 31.4. The molecule has 0 spiro atoms. The molecule has 2 aliphatic rings. The maximum absolute atomic E-state index is 13.4. The van der Waals surface area contributed by atoms with E-state index in [0.29, 0.717) is 34.1 Å². The van der Waals surface area contributed by atoms with E-state index in [-0.39, 0.29) is 40.8 Å². The van der Waals surface area contributed by atoms with Crippen LogP contribution in [0.25, 0.3) is 16.4 Å². The van der Waals surface area contributed by atoms with Crippen LogP contribution >= 0.6 is 0 Å². The molecule has 5 aromatic carbocycles. The molecule has 5 aromatic rings. The van der Waals surface area contributed by atoms with Crippen molar-refractivity contribution in [2.45, 2.75) is 6.92 Å². The van der Waals surface area contributed by atoms with Crippen LogP contribution < -0.4 is 14.4 Å². The van der Waals surface area contributed by atoms with Gasteiger partial charge < -0.3 is 24.4 Å². The fraction of sp³-hybridized carbons (Fsp3) is 0.0286. The van der Waals surface area contributed by atoms with Crippen LogP contribution in [-0.4, -0.2) is 23.6 Å². The molecule has 0 aliphatic carbocycles. The number of anilines is 1. The number of carbonyl (C=O) groups is 4. The average molecular weight is 617 g/mol. The number of amides is 4. The number of rotatable bonds is 6. The molecular weight excluding hydrogens is 595 g/mol. The average Bonchev–Trinajstić information content (AvgIpc) is 3.44. The van der Waals surface area contributed by atoms with E-state index in [4.69, 9.17) is 9.47 Å². The van der Waals surface area contributed by atoms with Crippen molar-refractivity contribution in [3.8, 4) is 34.1 Å². The van der Waals surface area contributed by atoms with Gasteiger partial charge in [-0.05, 0) is 84.8 Å². The molecule has 0 saturated carbocycles. The SMILES string of the molecule is Cc1ccc(Oc2cccc(Oc3ccc(N4C(=O)c5ccc(-c6ccc7c(c6)C(=O)[N-]C7=O)cc5C4=O)cc3)c2)cc1.[V+2]. The number of ether oxygens (including phenoxy) is 2. The van der Waals surface area contributed by atoms with E-state index < -0.39 is 23.6 Å². The van der Waals surface area contributed by atoms with E-state index in [1.54, 1.807) is 72.8 Å².